The lowest BCUT2D eigenvalue weighted by Gasteiger charge is -2.20. The van der Waals surface area contributed by atoms with Crippen molar-refractivity contribution >= 4 is 40.2 Å². The summed E-state index contributed by atoms with van der Waals surface area (Å²) < 4.78 is 5.95. The molecular weight excluding hydrogens is 378 g/mol. The summed E-state index contributed by atoms with van der Waals surface area (Å²) >= 11 is 9.00. The number of thiophene rings is 2. The van der Waals surface area contributed by atoms with Crippen molar-refractivity contribution in [3.05, 3.63) is 56.7 Å². The van der Waals surface area contributed by atoms with Crippen LogP contribution in [0.3, 0.4) is 0 Å². The van der Waals surface area contributed by atoms with E-state index in [0.717, 1.165) is 10.4 Å². The van der Waals surface area contributed by atoms with Crippen LogP contribution in [0, 0.1) is 0 Å². The number of hydrogen-bond donors (Lipinski definition) is 0. The first-order valence-electron chi connectivity index (χ1n) is 7.63. The lowest BCUT2D eigenvalue weighted by molar-refractivity contribution is -0.131. The number of aromatic nitrogens is 2. The maximum Gasteiger partial charge on any atom is 0.227 e. The molecule has 0 spiro atoms. The third-order valence-corrected chi connectivity index (χ3v) is 5.38. The number of halogens is 1. The summed E-state index contributed by atoms with van der Waals surface area (Å²) in [5.41, 5.74) is 0.925. The molecule has 5 nitrogen and oxygen atoms in total. The van der Waals surface area contributed by atoms with Gasteiger partial charge in [0.25, 0.3) is 0 Å². The molecule has 130 valence electrons. The number of nitrogens with zero attached hydrogens (tertiary/aromatic N) is 3. The van der Waals surface area contributed by atoms with Crippen LogP contribution in [-0.2, 0) is 17.8 Å². The van der Waals surface area contributed by atoms with Crippen LogP contribution in [0.4, 0.5) is 0 Å². The highest BCUT2D eigenvalue weighted by atomic mass is 35.5. The predicted octanol–water partition coefficient (Wildman–Crippen LogP) is 4.66. The van der Waals surface area contributed by atoms with E-state index in [2.05, 4.69) is 16.7 Å². The molecule has 0 bridgehead atoms. The van der Waals surface area contributed by atoms with Crippen LogP contribution < -0.4 is 0 Å². The second-order valence-electron chi connectivity index (χ2n) is 5.29. The average molecular weight is 394 g/mol. The summed E-state index contributed by atoms with van der Waals surface area (Å²) in [4.78, 5) is 19.6. The highest BCUT2D eigenvalue weighted by Crippen LogP contribution is 2.23. The van der Waals surface area contributed by atoms with Crippen molar-refractivity contribution in [2.75, 3.05) is 6.54 Å². The molecule has 25 heavy (non-hydrogen) atoms. The van der Waals surface area contributed by atoms with Crippen LogP contribution in [0.5, 0.6) is 0 Å². The molecule has 0 atom stereocenters. The monoisotopic (exact) mass is 393 g/mol. The quantitative estimate of drug-likeness (QED) is 0.522. The molecule has 0 saturated heterocycles. The molecule has 0 saturated carbocycles. The van der Waals surface area contributed by atoms with E-state index in [1.165, 1.54) is 11.3 Å². The summed E-state index contributed by atoms with van der Waals surface area (Å²) in [5, 5.41) is 7.87. The number of amides is 1. The molecule has 0 N–H and O–H groups in total. The highest BCUT2D eigenvalue weighted by Gasteiger charge is 2.16. The van der Waals surface area contributed by atoms with Crippen molar-refractivity contribution in [2.45, 2.75) is 19.4 Å². The van der Waals surface area contributed by atoms with Crippen LogP contribution >= 0.6 is 34.3 Å². The van der Waals surface area contributed by atoms with E-state index in [9.17, 15) is 4.79 Å². The first-order chi connectivity index (χ1) is 12.2. The molecule has 3 rings (SSSR count). The largest absolute Gasteiger partial charge is 0.339 e. The SMILES string of the molecule is C=CCN(Cc1ccc(Cl)s1)C(=O)CCc1nc(-c2ccsc2)no1. The molecule has 0 aliphatic carbocycles. The second kappa shape index (κ2) is 8.42. The minimum atomic E-state index is 0.0136. The summed E-state index contributed by atoms with van der Waals surface area (Å²) in [6.07, 6.45) is 2.43. The third kappa shape index (κ3) is 4.78. The van der Waals surface area contributed by atoms with Gasteiger partial charge in [-0.3, -0.25) is 4.79 Å². The highest BCUT2D eigenvalue weighted by molar-refractivity contribution is 7.16. The number of aryl methyl sites for hydroxylation is 1. The van der Waals surface area contributed by atoms with Gasteiger partial charge in [0, 0.05) is 35.2 Å². The van der Waals surface area contributed by atoms with Crippen molar-refractivity contribution in [3.8, 4) is 11.4 Å². The van der Waals surface area contributed by atoms with Gasteiger partial charge in [0.05, 0.1) is 10.9 Å². The Kier molecular flexibility index (Phi) is 6.01. The number of rotatable bonds is 8. The van der Waals surface area contributed by atoms with Gasteiger partial charge < -0.3 is 9.42 Å². The molecule has 0 fully saturated rings. The van der Waals surface area contributed by atoms with Crippen molar-refractivity contribution in [2.24, 2.45) is 0 Å². The zero-order valence-electron chi connectivity index (χ0n) is 13.4. The van der Waals surface area contributed by atoms with Gasteiger partial charge >= 0.3 is 0 Å². The molecule has 8 heteroatoms. The lowest BCUT2D eigenvalue weighted by atomic mass is 10.2. The standard InChI is InChI=1S/C17H16ClN3O2S2/c1-2-8-21(10-13-3-4-14(18)25-13)16(22)6-5-15-19-17(20-23-15)12-7-9-24-11-12/h2-4,7,9,11H,1,5-6,8,10H2. The van der Waals surface area contributed by atoms with Gasteiger partial charge in [-0.1, -0.05) is 22.8 Å². The van der Waals surface area contributed by atoms with E-state index < -0.39 is 0 Å². The Hall–Kier alpha value is -1.96. The zero-order valence-corrected chi connectivity index (χ0v) is 15.7. The molecule has 0 aliphatic heterocycles. The van der Waals surface area contributed by atoms with Gasteiger partial charge in [-0.05, 0) is 23.6 Å². The minimum absolute atomic E-state index is 0.0136. The Bertz CT molecular complexity index is 842. The first kappa shape index (κ1) is 17.8. The van der Waals surface area contributed by atoms with Crippen LogP contribution in [0.1, 0.15) is 17.2 Å². The fourth-order valence-corrected chi connectivity index (χ4v) is 4.01. The topological polar surface area (TPSA) is 59.2 Å². The van der Waals surface area contributed by atoms with Crippen LogP contribution in [0.15, 0.2) is 46.1 Å². The van der Waals surface area contributed by atoms with E-state index in [0.29, 0.717) is 42.0 Å². The average Bonchev–Trinajstić information content (AvgIpc) is 3.33. The van der Waals surface area contributed by atoms with Gasteiger partial charge in [0.1, 0.15) is 0 Å². The van der Waals surface area contributed by atoms with Gasteiger partial charge in [-0.2, -0.15) is 16.3 Å². The Balaban J connectivity index is 1.58. The molecule has 0 unspecified atom stereocenters. The smallest absolute Gasteiger partial charge is 0.227 e. The van der Waals surface area contributed by atoms with Crippen LogP contribution in [0.25, 0.3) is 11.4 Å². The van der Waals surface area contributed by atoms with Crippen molar-refractivity contribution in [1.82, 2.24) is 15.0 Å². The molecule has 0 aliphatic rings. The van der Waals surface area contributed by atoms with Gasteiger partial charge in [-0.25, -0.2) is 0 Å². The summed E-state index contributed by atoms with van der Waals surface area (Å²) in [6.45, 7) is 4.73. The molecule has 0 radical (unpaired) electrons. The molecule has 3 heterocycles. The molecule has 1 amide bonds. The minimum Gasteiger partial charge on any atom is -0.339 e. The summed E-state index contributed by atoms with van der Waals surface area (Å²) in [7, 11) is 0. The van der Waals surface area contributed by atoms with Crippen molar-refractivity contribution < 1.29 is 9.32 Å². The molecule has 0 aromatic carbocycles. The predicted molar refractivity (Wildman–Crippen MR) is 101 cm³/mol. The summed E-state index contributed by atoms with van der Waals surface area (Å²) in [6, 6.07) is 5.70. The lowest BCUT2D eigenvalue weighted by Crippen LogP contribution is -2.30. The maximum absolute atomic E-state index is 12.5. The third-order valence-electron chi connectivity index (χ3n) is 3.48. The van der Waals surface area contributed by atoms with Crippen molar-refractivity contribution in [3.63, 3.8) is 0 Å². The Morgan fingerprint density at radius 1 is 1.40 bits per heavy atom. The van der Waals surface area contributed by atoms with E-state index in [-0.39, 0.29) is 5.91 Å². The fraction of sp³-hybridized carbons (Fsp3) is 0.235. The Morgan fingerprint density at radius 2 is 2.28 bits per heavy atom. The molecule has 3 aromatic rings. The first-order valence-corrected chi connectivity index (χ1v) is 9.77. The van der Waals surface area contributed by atoms with Crippen molar-refractivity contribution in [1.29, 1.82) is 0 Å². The van der Waals surface area contributed by atoms with E-state index in [4.69, 9.17) is 16.1 Å². The van der Waals surface area contributed by atoms with Crippen LogP contribution in [0.2, 0.25) is 4.34 Å². The van der Waals surface area contributed by atoms with E-state index in [1.807, 2.05) is 29.0 Å². The number of carbonyl (C=O) groups is 1. The molecular formula is C17H16ClN3O2S2. The molecule has 3 aromatic heterocycles. The van der Waals surface area contributed by atoms with E-state index in [1.54, 1.807) is 22.3 Å². The number of hydrogen-bond acceptors (Lipinski definition) is 6. The maximum atomic E-state index is 12.5. The van der Waals surface area contributed by atoms with Gasteiger partial charge in [0.15, 0.2) is 0 Å². The fourth-order valence-electron chi connectivity index (χ4n) is 2.27. The summed E-state index contributed by atoms with van der Waals surface area (Å²) in [5.74, 6) is 1.03. The van der Waals surface area contributed by atoms with Gasteiger partial charge in [-0.15, -0.1) is 17.9 Å². The van der Waals surface area contributed by atoms with Gasteiger partial charge in [0.2, 0.25) is 17.6 Å². The Morgan fingerprint density at radius 3 is 2.96 bits per heavy atom. The van der Waals surface area contributed by atoms with E-state index >= 15 is 0 Å². The second-order valence-corrected chi connectivity index (χ2v) is 7.87. The number of carbonyl (C=O) groups excluding carboxylic acids is 1. The van der Waals surface area contributed by atoms with Crippen LogP contribution in [-0.4, -0.2) is 27.5 Å². The Labute approximate surface area is 158 Å². The zero-order chi connectivity index (χ0) is 17.6. The normalized spacial score (nSPS) is 10.8.